The number of hydrogen-bond donors (Lipinski definition) is 2. The van der Waals surface area contributed by atoms with E-state index in [1.54, 1.807) is 13.8 Å². The molecule has 1 aromatic rings. The summed E-state index contributed by atoms with van der Waals surface area (Å²) in [4.78, 5) is 21.9. The fraction of sp³-hybridized carbons (Fsp3) is 0.385. The molecule has 0 aromatic heterocycles. The molecule has 1 amide bonds. The Kier molecular flexibility index (Phi) is 4.54. The number of carbonyl (C=O) groups excluding carboxylic acids is 1. The van der Waals surface area contributed by atoms with Crippen LogP contribution in [0.15, 0.2) is 17.0 Å². The van der Waals surface area contributed by atoms with Crippen molar-refractivity contribution in [3.05, 3.63) is 28.8 Å². The fourth-order valence-electron chi connectivity index (χ4n) is 1.77. The van der Waals surface area contributed by atoms with Crippen LogP contribution in [0.2, 0.25) is 0 Å². The molecule has 1 aromatic carbocycles. The maximum absolute atomic E-state index is 12.3. The number of nitrogens with two attached hydrogens (primary N) is 1. The first-order valence-corrected chi connectivity index (χ1v) is 7.58. The van der Waals surface area contributed by atoms with Gasteiger partial charge in [-0.25, -0.2) is 13.2 Å². The molecule has 0 saturated heterocycles. The first kappa shape index (κ1) is 16.2. The van der Waals surface area contributed by atoms with E-state index in [-0.39, 0.29) is 10.5 Å². The molecule has 0 aliphatic heterocycles. The minimum absolute atomic E-state index is 0.0667. The van der Waals surface area contributed by atoms with Crippen molar-refractivity contribution >= 4 is 21.7 Å². The number of aryl methyl sites for hydroxylation is 1. The average Bonchev–Trinajstić information content (AvgIpc) is 2.31. The van der Waals surface area contributed by atoms with Gasteiger partial charge in [-0.05, 0) is 37.1 Å². The second-order valence-electron chi connectivity index (χ2n) is 4.81. The van der Waals surface area contributed by atoms with E-state index < -0.39 is 33.4 Å². The van der Waals surface area contributed by atoms with Crippen LogP contribution in [0.3, 0.4) is 0 Å². The number of hydrogen-bond acceptors (Lipinski definition) is 4. The Hall–Kier alpha value is -1.89. The number of primary amides is 1. The summed E-state index contributed by atoms with van der Waals surface area (Å²) in [7, 11) is -3.78. The van der Waals surface area contributed by atoms with E-state index in [2.05, 4.69) is 0 Å². The van der Waals surface area contributed by atoms with E-state index in [9.17, 15) is 18.0 Å². The van der Waals surface area contributed by atoms with Crippen molar-refractivity contribution < 1.29 is 23.1 Å². The lowest BCUT2D eigenvalue weighted by molar-refractivity contribution is -0.120. The van der Waals surface area contributed by atoms with Gasteiger partial charge in [0, 0.05) is 5.92 Å². The largest absolute Gasteiger partial charge is 0.478 e. The van der Waals surface area contributed by atoms with Crippen LogP contribution in [0.1, 0.15) is 28.4 Å². The third-order valence-corrected chi connectivity index (χ3v) is 5.19. The van der Waals surface area contributed by atoms with Gasteiger partial charge < -0.3 is 10.8 Å². The summed E-state index contributed by atoms with van der Waals surface area (Å²) in [5.41, 5.74) is 6.01. The quantitative estimate of drug-likeness (QED) is 0.838. The molecule has 0 aliphatic rings. The monoisotopic (exact) mass is 299 g/mol. The van der Waals surface area contributed by atoms with Gasteiger partial charge in [0.15, 0.2) is 9.84 Å². The van der Waals surface area contributed by atoms with Crippen LogP contribution in [0, 0.1) is 19.8 Å². The smallest absolute Gasteiger partial charge is 0.335 e. The van der Waals surface area contributed by atoms with Gasteiger partial charge in [-0.3, -0.25) is 4.79 Å². The number of aromatic carboxylic acids is 1. The number of rotatable bonds is 5. The Morgan fingerprint density at radius 3 is 2.30 bits per heavy atom. The van der Waals surface area contributed by atoms with Crippen molar-refractivity contribution in [2.75, 3.05) is 5.75 Å². The standard InChI is InChI=1S/C13H17NO5S/c1-7-4-10(13(16)17)5-11(9(7)3)20(18,19)6-8(2)12(14)15/h4-5,8H,6H2,1-3H3,(H2,14,15)(H,16,17). The van der Waals surface area contributed by atoms with Gasteiger partial charge in [0.2, 0.25) is 5.91 Å². The zero-order chi connectivity index (χ0) is 15.7. The maximum atomic E-state index is 12.3. The van der Waals surface area contributed by atoms with E-state index in [4.69, 9.17) is 10.8 Å². The number of sulfone groups is 1. The lowest BCUT2D eigenvalue weighted by Gasteiger charge is -2.13. The van der Waals surface area contributed by atoms with Crippen molar-refractivity contribution in [3.63, 3.8) is 0 Å². The summed E-state index contributed by atoms with van der Waals surface area (Å²) in [5, 5.41) is 8.99. The molecule has 1 atom stereocenters. The summed E-state index contributed by atoms with van der Waals surface area (Å²) in [6.07, 6.45) is 0. The van der Waals surface area contributed by atoms with Gasteiger partial charge >= 0.3 is 5.97 Å². The van der Waals surface area contributed by atoms with Crippen LogP contribution in [-0.2, 0) is 14.6 Å². The van der Waals surface area contributed by atoms with Crippen LogP contribution in [0.25, 0.3) is 0 Å². The number of carboxylic acids is 1. The van der Waals surface area contributed by atoms with Gasteiger partial charge in [0.1, 0.15) is 0 Å². The summed E-state index contributed by atoms with van der Waals surface area (Å²) < 4.78 is 24.6. The third kappa shape index (κ3) is 3.36. The molecule has 110 valence electrons. The highest BCUT2D eigenvalue weighted by Crippen LogP contribution is 2.23. The molecule has 0 heterocycles. The Labute approximate surface area is 117 Å². The minimum Gasteiger partial charge on any atom is -0.478 e. The van der Waals surface area contributed by atoms with E-state index in [0.29, 0.717) is 11.1 Å². The summed E-state index contributed by atoms with van der Waals surface area (Å²) in [6, 6.07) is 2.53. The van der Waals surface area contributed by atoms with E-state index in [1.807, 2.05) is 0 Å². The van der Waals surface area contributed by atoms with Crippen LogP contribution >= 0.6 is 0 Å². The van der Waals surface area contributed by atoms with Crippen LogP contribution < -0.4 is 5.73 Å². The third-order valence-electron chi connectivity index (χ3n) is 3.16. The highest BCUT2D eigenvalue weighted by Gasteiger charge is 2.25. The predicted molar refractivity (Wildman–Crippen MR) is 73.3 cm³/mol. The predicted octanol–water partition coefficient (Wildman–Crippen LogP) is 0.897. The van der Waals surface area contributed by atoms with Crippen LogP contribution in [0.4, 0.5) is 0 Å². The van der Waals surface area contributed by atoms with Gasteiger partial charge in [-0.1, -0.05) is 6.92 Å². The first-order chi connectivity index (χ1) is 9.06. The second-order valence-corrected chi connectivity index (χ2v) is 6.81. The molecular formula is C13H17NO5S. The summed E-state index contributed by atoms with van der Waals surface area (Å²) in [5.74, 6) is -3.19. The average molecular weight is 299 g/mol. The minimum atomic E-state index is -3.78. The zero-order valence-electron chi connectivity index (χ0n) is 11.5. The highest BCUT2D eigenvalue weighted by molar-refractivity contribution is 7.91. The summed E-state index contributed by atoms with van der Waals surface area (Å²) in [6.45, 7) is 4.66. The van der Waals surface area contributed by atoms with E-state index in [1.165, 1.54) is 13.0 Å². The number of amides is 1. The fourth-order valence-corrected chi connectivity index (χ4v) is 3.71. The number of carboxylic acid groups (broad SMARTS) is 1. The molecule has 0 bridgehead atoms. The maximum Gasteiger partial charge on any atom is 0.335 e. The van der Waals surface area contributed by atoms with Gasteiger partial charge in [0.25, 0.3) is 0 Å². The second kappa shape index (κ2) is 5.62. The molecule has 0 fully saturated rings. The molecular weight excluding hydrogens is 282 g/mol. The molecule has 6 nitrogen and oxygen atoms in total. The first-order valence-electron chi connectivity index (χ1n) is 5.93. The molecule has 7 heteroatoms. The van der Waals surface area contributed by atoms with Crippen molar-refractivity contribution in [2.45, 2.75) is 25.7 Å². The van der Waals surface area contributed by atoms with Gasteiger partial charge in [-0.15, -0.1) is 0 Å². The lowest BCUT2D eigenvalue weighted by atomic mass is 10.1. The normalized spacial score (nSPS) is 12.9. The highest BCUT2D eigenvalue weighted by atomic mass is 32.2. The molecule has 1 rings (SSSR count). The van der Waals surface area contributed by atoms with Crippen molar-refractivity contribution in [1.82, 2.24) is 0 Å². The SMILES string of the molecule is Cc1cc(C(=O)O)cc(S(=O)(=O)CC(C)C(N)=O)c1C. The Bertz CT molecular complexity index is 664. The molecule has 1 unspecified atom stereocenters. The Morgan fingerprint density at radius 2 is 1.85 bits per heavy atom. The number of benzene rings is 1. The van der Waals surface area contributed by atoms with Crippen LogP contribution in [0.5, 0.6) is 0 Å². The van der Waals surface area contributed by atoms with E-state index in [0.717, 1.165) is 6.07 Å². The summed E-state index contributed by atoms with van der Waals surface area (Å²) >= 11 is 0. The Morgan fingerprint density at radius 1 is 1.30 bits per heavy atom. The lowest BCUT2D eigenvalue weighted by Crippen LogP contribution is -2.27. The van der Waals surface area contributed by atoms with Crippen LogP contribution in [-0.4, -0.2) is 31.2 Å². The zero-order valence-corrected chi connectivity index (χ0v) is 12.3. The molecule has 0 spiro atoms. The van der Waals surface area contributed by atoms with E-state index >= 15 is 0 Å². The number of carbonyl (C=O) groups is 2. The van der Waals surface area contributed by atoms with Crippen molar-refractivity contribution in [2.24, 2.45) is 11.7 Å². The molecule has 0 radical (unpaired) electrons. The van der Waals surface area contributed by atoms with Gasteiger partial charge in [-0.2, -0.15) is 0 Å². The topological polar surface area (TPSA) is 115 Å². The Balaban J connectivity index is 3.38. The van der Waals surface area contributed by atoms with Crippen molar-refractivity contribution in [3.8, 4) is 0 Å². The van der Waals surface area contributed by atoms with Gasteiger partial charge in [0.05, 0.1) is 16.2 Å². The van der Waals surface area contributed by atoms with Crippen molar-refractivity contribution in [1.29, 1.82) is 0 Å². The molecule has 20 heavy (non-hydrogen) atoms. The molecule has 0 saturated carbocycles. The molecule has 3 N–H and O–H groups in total. The molecule has 0 aliphatic carbocycles.